The molecule has 0 spiro atoms. The molecule has 0 bridgehead atoms. The highest BCUT2D eigenvalue weighted by Gasteiger charge is 2.23. The quantitative estimate of drug-likeness (QED) is 0.718. The molecule has 1 saturated carbocycles. The lowest BCUT2D eigenvalue weighted by Gasteiger charge is -2.29. The van der Waals surface area contributed by atoms with E-state index in [4.69, 9.17) is 23.2 Å². The van der Waals surface area contributed by atoms with Gasteiger partial charge in [0.2, 0.25) is 5.95 Å². The minimum Gasteiger partial charge on any atom is -0.363 e. The maximum Gasteiger partial charge on any atom is 0.253 e. The van der Waals surface area contributed by atoms with E-state index >= 15 is 0 Å². The van der Waals surface area contributed by atoms with Crippen LogP contribution in [-0.4, -0.2) is 42.6 Å². The van der Waals surface area contributed by atoms with E-state index in [0.29, 0.717) is 38.7 Å². The Morgan fingerprint density at radius 3 is 2.67 bits per heavy atom. The Morgan fingerprint density at radius 2 is 2.04 bits per heavy atom. The molecule has 1 fully saturated rings. The number of thiophene rings is 1. The van der Waals surface area contributed by atoms with E-state index in [1.807, 2.05) is 25.1 Å². The van der Waals surface area contributed by atoms with Crippen LogP contribution in [-0.2, 0) is 0 Å². The van der Waals surface area contributed by atoms with Crippen LogP contribution in [0, 0.1) is 5.92 Å². The number of nitrogens with one attached hydrogen (secondary N) is 2. The Labute approximate surface area is 173 Å². The number of aromatic nitrogens is 2. The van der Waals surface area contributed by atoms with Crippen LogP contribution >= 0.6 is 34.5 Å². The monoisotopic (exact) mass is 427 g/mol. The lowest BCUT2D eigenvalue weighted by Crippen LogP contribution is -2.34. The standard InChI is InChI=1S/C18H23Cl2N5OS/c1-25(2)15-7-8-21-18(24-15)23-12-5-3-11(4-6-12)10-22-17(26)13-9-14(19)27-16(13)20/h7-9,11-12H,3-6,10H2,1-2H3,(H,22,26)(H,21,23,24)/t11-,12+. The van der Waals surface area contributed by atoms with E-state index in [1.165, 1.54) is 11.3 Å². The highest BCUT2D eigenvalue weighted by atomic mass is 35.5. The summed E-state index contributed by atoms with van der Waals surface area (Å²) in [6.07, 6.45) is 5.92. The van der Waals surface area contributed by atoms with Crippen LogP contribution in [0.4, 0.5) is 11.8 Å². The molecule has 9 heteroatoms. The van der Waals surface area contributed by atoms with Crippen molar-refractivity contribution in [2.75, 3.05) is 30.9 Å². The molecule has 1 aliphatic rings. The summed E-state index contributed by atoms with van der Waals surface area (Å²) in [5, 5.41) is 6.41. The minimum absolute atomic E-state index is 0.155. The zero-order valence-electron chi connectivity index (χ0n) is 15.3. The molecule has 2 aromatic heterocycles. The topological polar surface area (TPSA) is 70.2 Å². The van der Waals surface area contributed by atoms with E-state index in [0.717, 1.165) is 31.5 Å². The highest BCUT2D eigenvalue weighted by Crippen LogP contribution is 2.31. The number of rotatable bonds is 6. The van der Waals surface area contributed by atoms with Crippen LogP contribution in [0.2, 0.25) is 8.67 Å². The van der Waals surface area contributed by atoms with Gasteiger partial charge in [0.15, 0.2) is 0 Å². The van der Waals surface area contributed by atoms with Crippen molar-refractivity contribution in [3.8, 4) is 0 Å². The van der Waals surface area contributed by atoms with Gasteiger partial charge in [-0.2, -0.15) is 4.98 Å². The van der Waals surface area contributed by atoms with Gasteiger partial charge < -0.3 is 15.5 Å². The van der Waals surface area contributed by atoms with Gasteiger partial charge in [-0.3, -0.25) is 4.79 Å². The predicted octanol–water partition coefficient (Wildman–Crippen LogP) is 4.31. The molecule has 6 nitrogen and oxygen atoms in total. The van der Waals surface area contributed by atoms with E-state index in [9.17, 15) is 4.79 Å². The summed E-state index contributed by atoms with van der Waals surface area (Å²) in [5.74, 6) is 1.87. The van der Waals surface area contributed by atoms with Crippen LogP contribution in [0.15, 0.2) is 18.3 Å². The predicted molar refractivity (Wildman–Crippen MR) is 112 cm³/mol. The second kappa shape index (κ2) is 9.08. The molecule has 2 aromatic rings. The normalized spacial score (nSPS) is 19.6. The molecule has 2 heterocycles. The molecule has 3 rings (SSSR count). The number of nitrogens with zero attached hydrogens (tertiary/aromatic N) is 3. The van der Waals surface area contributed by atoms with Crippen molar-refractivity contribution in [1.82, 2.24) is 15.3 Å². The summed E-state index contributed by atoms with van der Waals surface area (Å²) in [6, 6.07) is 3.86. The Morgan fingerprint density at radius 1 is 1.30 bits per heavy atom. The molecule has 0 aromatic carbocycles. The summed E-state index contributed by atoms with van der Waals surface area (Å²) in [6.45, 7) is 0.655. The van der Waals surface area contributed by atoms with Gasteiger partial charge in [-0.05, 0) is 43.7 Å². The van der Waals surface area contributed by atoms with Crippen molar-refractivity contribution in [2.45, 2.75) is 31.7 Å². The minimum atomic E-state index is -0.155. The van der Waals surface area contributed by atoms with Gasteiger partial charge in [-0.1, -0.05) is 23.2 Å². The van der Waals surface area contributed by atoms with Crippen molar-refractivity contribution < 1.29 is 4.79 Å². The summed E-state index contributed by atoms with van der Waals surface area (Å²) in [7, 11) is 3.92. The summed E-state index contributed by atoms with van der Waals surface area (Å²) < 4.78 is 0.961. The van der Waals surface area contributed by atoms with Crippen LogP contribution in [0.3, 0.4) is 0 Å². The maximum atomic E-state index is 12.2. The Kier molecular flexibility index (Phi) is 6.78. The van der Waals surface area contributed by atoms with Crippen LogP contribution < -0.4 is 15.5 Å². The largest absolute Gasteiger partial charge is 0.363 e. The highest BCUT2D eigenvalue weighted by molar-refractivity contribution is 7.20. The van der Waals surface area contributed by atoms with Crippen LogP contribution in [0.1, 0.15) is 36.0 Å². The zero-order valence-corrected chi connectivity index (χ0v) is 17.7. The average Bonchev–Trinajstić information content (AvgIpc) is 2.99. The van der Waals surface area contributed by atoms with Gasteiger partial charge in [0.1, 0.15) is 10.2 Å². The summed E-state index contributed by atoms with van der Waals surface area (Å²) in [5.41, 5.74) is 0.458. The molecule has 1 aliphatic carbocycles. The Balaban J connectivity index is 1.44. The lowest BCUT2D eigenvalue weighted by molar-refractivity contribution is 0.0944. The first-order chi connectivity index (χ1) is 12.9. The lowest BCUT2D eigenvalue weighted by atomic mass is 9.86. The zero-order chi connectivity index (χ0) is 19.4. The number of anilines is 2. The summed E-state index contributed by atoms with van der Waals surface area (Å²) >= 11 is 13.2. The number of amides is 1. The van der Waals surface area contributed by atoms with Gasteiger partial charge in [0, 0.05) is 32.9 Å². The van der Waals surface area contributed by atoms with Gasteiger partial charge in [0.25, 0.3) is 5.91 Å². The van der Waals surface area contributed by atoms with Crippen LogP contribution in [0.5, 0.6) is 0 Å². The molecular weight excluding hydrogens is 405 g/mol. The second-order valence-corrected chi connectivity index (χ2v) is 9.23. The number of hydrogen-bond donors (Lipinski definition) is 2. The Hall–Kier alpha value is -1.57. The fraction of sp³-hybridized carbons (Fsp3) is 0.500. The van der Waals surface area contributed by atoms with Crippen molar-refractivity contribution in [3.05, 3.63) is 32.6 Å². The first-order valence-corrected chi connectivity index (χ1v) is 10.5. The summed E-state index contributed by atoms with van der Waals surface area (Å²) in [4.78, 5) is 23.0. The number of halogens is 2. The maximum absolute atomic E-state index is 12.2. The third-order valence-corrected chi connectivity index (χ3v) is 6.22. The molecule has 146 valence electrons. The second-order valence-electron chi connectivity index (χ2n) is 6.94. The first kappa shape index (κ1) is 20.2. The third kappa shape index (κ3) is 5.46. The molecule has 0 saturated heterocycles. The van der Waals surface area contributed by atoms with E-state index in [-0.39, 0.29) is 5.91 Å². The van der Waals surface area contributed by atoms with Crippen molar-refractivity contribution in [1.29, 1.82) is 0 Å². The molecule has 0 radical (unpaired) electrons. The van der Waals surface area contributed by atoms with Crippen molar-refractivity contribution >= 4 is 52.2 Å². The number of carbonyl (C=O) groups is 1. The smallest absolute Gasteiger partial charge is 0.253 e. The molecular formula is C18H23Cl2N5OS. The van der Waals surface area contributed by atoms with Gasteiger partial charge in [-0.25, -0.2) is 4.98 Å². The number of carbonyl (C=O) groups excluding carboxylic acids is 1. The first-order valence-electron chi connectivity index (χ1n) is 8.92. The fourth-order valence-electron chi connectivity index (χ4n) is 3.19. The van der Waals surface area contributed by atoms with Gasteiger partial charge >= 0.3 is 0 Å². The third-order valence-electron chi connectivity index (χ3n) is 4.73. The van der Waals surface area contributed by atoms with E-state index in [2.05, 4.69) is 20.6 Å². The van der Waals surface area contributed by atoms with Crippen molar-refractivity contribution in [3.63, 3.8) is 0 Å². The Bertz CT molecular complexity index is 790. The van der Waals surface area contributed by atoms with Gasteiger partial charge in [0.05, 0.1) is 9.90 Å². The molecule has 2 N–H and O–H groups in total. The molecule has 0 atom stereocenters. The van der Waals surface area contributed by atoms with E-state index in [1.54, 1.807) is 12.3 Å². The van der Waals surface area contributed by atoms with E-state index < -0.39 is 0 Å². The van der Waals surface area contributed by atoms with Gasteiger partial charge in [-0.15, -0.1) is 11.3 Å². The molecule has 27 heavy (non-hydrogen) atoms. The number of hydrogen-bond acceptors (Lipinski definition) is 6. The van der Waals surface area contributed by atoms with Crippen molar-refractivity contribution in [2.24, 2.45) is 5.92 Å². The molecule has 1 amide bonds. The molecule has 0 unspecified atom stereocenters. The molecule has 0 aliphatic heterocycles. The van der Waals surface area contributed by atoms with Crippen LogP contribution in [0.25, 0.3) is 0 Å². The SMILES string of the molecule is CN(C)c1ccnc(N[C@H]2CC[C@@H](CNC(=O)c3cc(Cl)sc3Cl)CC2)n1. The fourth-order valence-corrected chi connectivity index (χ4v) is 4.65. The average molecular weight is 428 g/mol.